The van der Waals surface area contributed by atoms with Crippen molar-refractivity contribution in [2.45, 2.75) is 26.7 Å². The van der Waals surface area contributed by atoms with Gasteiger partial charge in [0.05, 0.1) is 0 Å². The normalized spacial score (nSPS) is 13.2. The Bertz CT molecular complexity index is 299. The second-order valence-corrected chi connectivity index (χ2v) is 3.59. The fourth-order valence-electron chi connectivity index (χ4n) is 1.02. The Morgan fingerprint density at radius 3 is 2.75 bits per heavy atom. The predicted octanol–water partition coefficient (Wildman–Crippen LogP) is 2.07. The molecule has 0 fully saturated rings. The zero-order valence-electron chi connectivity index (χ0n) is 7.79. The molecule has 1 unspecified atom stereocenters. The van der Waals surface area contributed by atoms with E-state index in [1.165, 1.54) is 6.42 Å². The van der Waals surface area contributed by atoms with Gasteiger partial charge >= 0.3 is 0 Å². The quantitative estimate of drug-likeness (QED) is 0.731. The van der Waals surface area contributed by atoms with Gasteiger partial charge in [0.1, 0.15) is 5.82 Å². The molecule has 0 radical (unpaired) electrons. The molecular weight excluding hydrogens is 170 g/mol. The summed E-state index contributed by atoms with van der Waals surface area (Å²) in [5.41, 5.74) is 0. The fraction of sp³-hybridized carbons (Fsp3) is 0.750. The van der Waals surface area contributed by atoms with Crippen molar-refractivity contribution in [1.29, 1.82) is 0 Å². The molecule has 0 aromatic carbocycles. The minimum atomic E-state index is 0.633. The van der Waals surface area contributed by atoms with Crippen LogP contribution in [0, 0.1) is 10.7 Å². The van der Waals surface area contributed by atoms with E-state index >= 15 is 0 Å². The number of aromatic nitrogens is 3. The fourth-order valence-corrected chi connectivity index (χ4v) is 1.18. The SMILES string of the molecule is CCC(C)Cc1nc(=S)n(C)[nH]1. The summed E-state index contributed by atoms with van der Waals surface area (Å²) in [7, 11) is 1.88. The second-order valence-electron chi connectivity index (χ2n) is 3.23. The van der Waals surface area contributed by atoms with Gasteiger partial charge in [0.15, 0.2) is 0 Å². The number of aromatic amines is 1. The molecule has 4 heteroatoms. The molecule has 1 rings (SSSR count). The molecule has 1 aromatic heterocycles. The van der Waals surface area contributed by atoms with Crippen LogP contribution >= 0.6 is 12.2 Å². The average molecular weight is 185 g/mol. The Labute approximate surface area is 77.8 Å². The van der Waals surface area contributed by atoms with E-state index in [1.807, 2.05) is 7.05 Å². The van der Waals surface area contributed by atoms with Gasteiger partial charge in [-0.2, -0.15) is 0 Å². The Balaban J connectivity index is 2.70. The minimum Gasteiger partial charge on any atom is -0.283 e. The summed E-state index contributed by atoms with van der Waals surface area (Å²) in [5.74, 6) is 1.67. The summed E-state index contributed by atoms with van der Waals surface area (Å²) >= 11 is 4.98. The van der Waals surface area contributed by atoms with Gasteiger partial charge in [-0.15, -0.1) is 0 Å². The Morgan fingerprint density at radius 2 is 2.33 bits per heavy atom. The van der Waals surface area contributed by atoms with E-state index in [4.69, 9.17) is 12.2 Å². The molecule has 1 heterocycles. The van der Waals surface area contributed by atoms with E-state index in [0.717, 1.165) is 12.2 Å². The monoisotopic (exact) mass is 185 g/mol. The largest absolute Gasteiger partial charge is 0.283 e. The first-order chi connectivity index (χ1) is 5.63. The zero-order valence-corrected chi connectivity index (χ0v) is 8.61. The van der Waals surface area contributed by atoms with Gasteiger partial charge < -0.3 is 0 Å². The molecule has 1 atom stereocenters. The number of hydrogen-bond donors (Lipinski definition) is 1. The van der Waals surface area contributed by atoms with Crippen LogP contribution in [-0.4, -0.2) is 14.8 Å². The van der Waals surface area contributed by atoms with Crippen LogP contribution in [0.2, 0.25) is 0 Å². The van der Waals surface area contributed by atoms with E-state index < -0.39 is 0 Å². The Morgan fingerprint density at radius 1 is 1.67 bits per heavy atom. The molecule has 0 aliphatic carbocycles. The highest BCUT2D eigenvalue weighted by Gasteiger charge is 2.04. The van der Waals surface area contributed by atoms with E-state index in [9.17, 15) is 0 Å². The van der Waals surface area contributed by atoms with Crippen LogP contribution in [0.5, 0.6) is 0 Å². The standard InChI is InChI=1S/C8H15N3S/c1-4-6(2)5-7-9-8(12)11(3)10-7/h6H,4-5H2,1-3H3,(H,9,10,12). The van der Waals surface area contributed by atoms with E-state index in [0.29, 0.717) is 10.7 Å². The van der Waals surface area contributed by atoms with Crippen LogP contribution < -0.4 is 0 Å². The van der Waals surface area contributed by atoms with Gasteiger partial charge in [0, 0.05) is 13.5 Å². The lowest BCUT2D eigenvalue weighted by Crippen LogP contribution is -2.00. The highest BCUT2D eigenvalue weighted by molar-refractivity contribution is 7.71. The summed E-state index contributed by atoms with van der Waals surface area (Å²) in [6.45, 7) is 4.40. The maximum absolute atomic E-state index is 4.98. The predicted molar refractivity (Wildman–Crippen MR) is 51.6 cm³/mol. The van der Waals surface area contributed by atoms with Crippen molar-refractivity contribution in [3.05, 3.63) is 10.6 Å². The molecule has 0 aliphatic rings. The second kappa shape index (κ2) is 3.85. The van der Waals surface area contributed by atoms with Crippen molar-refractivity contribution >= 4 is 12.2 Å². The molecule has 1 N–H and O–H groups in total. The van der Waals surface area contributed by atoms with Gasteiger partial charge in [0.2, 0.25) is 4.77 Å². The van der Waals surface area contributed by atoms with Gasteiger partial charge in [0.25, 0.3) is 0 Å². The Hall–Kier alpha value is -0.640. The van der Waals surface area contributed by atoms with Crippen molar-refractivity contribution in [2.24, 2.45) is 13.0 Å². The van der Waals surface area contributed by atoms with Crippen molar-refractivity contribution in [2.75, 3.05) is 0 Å². The molecular formula is C8H15N3S. The summed E-state index contributed by atoms with van der Waals surface area (Å²) in [6, 6.07) is 0. The molecule has 1 aromatic rings. The summed E-state index contributed by atoms with van der Waals surface area (Å²) < 4.78 is 2.40. The molecule has 12 heavy (non-hydrogen) atoms. The van der Waals surface area contributed by atoms with Gasteiger partial charge in [-0.05, 0) is 18.1 Å². The van der Waals surface area contributed by atoms with Crippen LogP contribution in [-0.2, 0) is 13.5 Å². The maximum Gasteiger partial charge on any atom is 0.215 e. The number of H-pyrrole nitrogens is 1. The van der Waals surface area contributed by atoms with Crippen molar-refractivity contribution < 1.29 is 0 Å². The van der Waals surface area contributed by atoms with Gasteiger partial charge in [-0.1, -0.05) is 20.3 Å². The lowest BCUT2D eigenvalue weighted by molar-refractivity contribution is 0.540. The molecule has 0 aliphatic heterocycles. The average Bonchev–Trinajstić information content (AvgIpc) is 2.31. The van der Waals surface area contributed by atoms with Crippen LogP contribution in [0.15, 0.2) is 0 Å². The van der Waals surface area contributed by atoms with Crippen LogP contribution in [0.25, 0.3) is 0 Å². The van der Waals surface area contributed by atoms with Crippen LogP contribution in [0.3, 0.4) is 0 Å². The van der Waals surface area contributed by atoms with Crippen molar-refractivity contribution in [3.63, 3.8) is 0 Å². The van der Waals surface area contributed by atoms with E-state index in [2.05, 4.69) is 23.9 Å². The van der Waals surface area contributed by atoms with E-state index in [-0.39, 0.29) is 0 Å². The third-order valence-electron chi connectivity index (χ3n) is 2.05. The molecule has 0 spiro atoms. The number of aryl methyl sites for hydroxylation is 1. The van der Waals surface area contributed by atoms with Crippen LogP contribution in [0.1, 0.15) is 26.1 Å². The summed E-state index contributed by atoms with van der Waals surface area (Å²) in [6.07, 6.45) is 2.16. The van der Waals surface area contributed by atoms with Crippen LogP contribution in [0.4, 0.5) is 0 Å². The van der Waals surface area contributed by atoms with Gasteiger partial charge in [-0.3, -0.25) is 9.78 Å². The van der Waals surface area contributed by atoms with Gasteiger partial charge in [-0.25, -0.2) is 4.98 Å². The van der Waals surface area contributed by atoms with E-state index in [1.54, 1.807) is 4.68 Å². The number of hydrogen-bond acceptors (Lipinski definition) is 2. The first-order valence-electron chi connectivity index (χ1n) is 4.25. The highest BCUT2D eigenvalue weighted by atomic mass is 32.1. The lowest BCUT2D eigenvalue weighted by Gasteiger charge is -2.03. The third kappa shape index (κ3) is 2.17. The topological polar surface area (TPSA) is 33.6 Å². The molecule has 3 nitrogen and oxygen atoms in total. The maximum atomic E-state index is 4.98. The highest BCUT2D eigenvalue weighted by Crippen LogP contribution is 2.06. The smallest absolute Gasteiger partial charge is 0.215 e. The minimum absolute atomic E-state index is 0.633. The Kier molecular flexibility index (Phi) is 3.03. The molecule has 0 bridgehead atoms. The summed E-state index contributed by atoms with van der Waals surface area (Å²) in [4.78, 5) is 4.22. The number of nitrogens with zero attached hydrogens (tertiary/aromatic N) is 2. The number of rotatable bonds is 3. The first-order valence-corrected chi connectivity index (χ1v) is 4.66. The molecule has 68 valence electrons. The van der Waals surface area contributed by atoms with Crippen molar-refractivity contribution in [3.8, 4) is 0 Å². The zero-order chi connectivity index (χ0) is 9.14. The lowest BCUT2D eigenvalue weighted by atomic mass is 10.1. The molecule has 0 amide bonds. The number of nitrogens with one attached hydrogen (secondary N) is 1. The summed E-state index contributed by atoms with van der Waals surface area (Å²) in [5, 5.41) is 3.11. The first kappa shape index (κ1) is 9.45. The van der Waals surface area contributed by atoms with Crippen molar-refractivity contribution in [1.82, 2.24) is 14.8 Å². The molecule has 0 saturated heterocycles. The third-order valence-corrected chi connectivity index (χ3v) is 2.42. The molecule has 0 saturated carbocycles.